The Balaban J connectivity index is 1.52. The number of thiazole rings is 1. The van der Waals surface area contributed by atoms with Crippen molar-refractivity contribution in [2.24, 2.45) is 0 Å². The molecule has 0 saturated carbocycles. The first-order valence-electron chi connectivity index (χ1n) is 8.22. The van der Waals surface area contributed by atoms with E-state index in [4.69, 9.17) is 14.0 Å². The molecule has 3 rings (SSSR count). The summed E-state index contributed by atoms with van der Waals surface area (Å²) in [7, 11) is 1.64. The largest absolute Gasteiger partial charge is 0.497 e. The number of hydrogen-bond donors (Lipinski definition) is 1. The Morgan fingerprint density at radius 2 is 1.88 bits per heavy atom. The van der Waals surface area contributed by atoms with Gasteiger partial charge in [-0.15, -0.1) is 11.3 Å². The average Bonchev–Trinajstić information content (AvgIpc) is 3.28. The quantitative estimate of drug-likeness (QED) is 0.646. The number of methoxy groups -OCH3 is 1. The summed E-state index contributed by atoms with van der Waals surface area (Å²) < 4.78 is 16.2. The van der Waals surface area contributed by atoms with Gasteiger partial charge in [-0.25, -0.2) is 4.98 Å². The second-order valence-electron chi connectivity index (χ2n) is 6.32. The standard InChI is InChI=1S/C18H22N4O3S/c1-12-20-17(25-22-12)18(2,3)19-9-13-11-26-16(21-13)10-24-15-7-5-14(23-4)6-8-15/h5-8,11,19H,9-10H2,1-4H3. The Labute approximate surface area is 156 Å². The van der Waals surface area contributed by atoms with E-state index in [0.717, 1.165) is 22.2 Å². The molecule has 2 heterocycles. The van der Waals surface area contributed by atoms with Crippen LogP contribution in [0.4, 0.5) is 0 Å². The predicted octanol–water partition coefficient (Wildman–Crippen LogP) is 3.45. The summed E-state index contributed by atoms with van der Waals surface area (Å²) >= 11 is 1.57. The lowest BCUT2D eigenvalue weighted by Gasteiger charge is -2.21. The molecule has 2 aromatic heterocycles. The Morgan fingerprint density at radius 3 is 2.54 bits per heavy atom. The van der Waals surface area contributed by atoms with Crippen molar-refractivity contribution in [3.63, 3.8) is 0 Å². The van der Waals surface area contributed by atoms with Crippen molar-refractivity contribution < 1.29 is 14.0 Å². The van der Waals surface area contributed by atoms with Crippen LogP contribution in [0, 0.1) is 6.92 Å². The molecule has 0 unspecified atom stereocenters. The smallest absolute Gasteiger partial charge is 0.246 e. The second kappa shape index (κ2) is 7.84. The minimum atomic E-state index is -0.426. The minimum absolute atomic E-state index is 0.426. The highest BCUT2D eigenvalue weighted by atomic mass is 32.1. The van der Waals surface area contributed by atoms with Crippen molar-refractivity contribution in [1.29, 1.82) is 0 Å². The van der Waals surface area contributed by atoms with Gasteiger partial charge in [0.05, 0.1) is 18.3 Å². The summed E-state index contributed by atoms with van der Waals surface area (Å²) in [5.74, 6) is 2.78. The Kier molecular flexibility index (Phi) is 5.53. The zero-order valence-corrected chi connectivity index (χ0v) is 16.1. The molecule has 3 aromatic rings. The average molecular weight is 374 g/mol. The highest BCUT2D eigenvalue weighted by Crippen LogP contribution is 2.21. The lowest BCUT2D eigenvalue weighted by Crippen LogP contribution is -2.36. The fraction of sp³-hybridized carbons (Fsp3) is 0.389. The van der Waals surface area contributed by atoms with Crippen molar-refractivity contribution in [3.05, 3.63) is 52.1 Å². The molecule has 0 bridgehead atoms. The molecule has 26 heavy (non-hydrogen) atoms. The molecule has 138 valence electrons. The SMILES string of the molecule is COc1ccc(OCc2nc(CNC(C)(C)c3nc(C)no3)cs2)cc1. The normalized spacial score (nSPS) is 11.5. The third-order valence-electron chi connectivity index (χ3n) is 3.79. The molecule has 8 heteroatoms. The van der Waals surface area contributed by atoms with Gasteiger partial charge in [-0.2, -0.15) is 4.98 Å². The molecule has 0 spiro atoms. The molecule has 0 amide bonds. The lowest BCUT2D eigenvalue weighted by molar-refractivity contribution is 0.265. The van der Waals surface area contributed by atoms with E-state index >= 15 is 0 Å². The first-order chi connectivity index (χ1) is 12.5. The predicted molar refractivity (Wildman–Crippen MR) is 98.3 cm³/mol. The second-order valence-corrected chi connectivity index (χ2v) is 7.26. The van der Waals surface area contributed by atoms with Crippen LogP contribution < -0.4 is 14.8 Å². The van der Waals surface area contributed by atoms with Crippen LogP contribution in [0.5, 0.6) is 11.5 Å². The van der Waals surface area contributed by atoms with Gasteiger partial charge in [0.15, 0.2) is 5.82 Å². The molecule has 0 radical (unpaired) electrons. The van der Waals surface area contributed by atoms with Gasteiger partial charge in [0, 0.05) is 11.9 Å². The van der Waals surface area contributed by atoms with Crippen molar-refractivity contribution in [1.82, 2.24) is 20.4 Å². The molecule has 7 nitrogen and oxygen atoms in total. The maximum Gasteiger partial charge on any atom is 0.246 e. The molecular weight excluding hydrogens is 352 g/mol. The maximum atomic E-state index is 5.76. The van der Waals surface area contributed by atoms with Crippen LogP contribution in [-0.2, 0) is 18.7 Å². The number of hydrogen-bond acceptors (Lipinski definition) is 8. The zero-order chi connectivity index (χ0) is 18.6. The number of ether oxygens (including phenoxy) is 2. The Morgan fingerprint density at radius 1 is 1.15 bits per heavy atom. The van der Waals surface area contributed by atoms with Crippen LogP contribution in [0.2, 0.25) is 0 Å². The van der Waals surface area contributed by atoms with Crippen LogP contribution in [0.15, 0.2) is 34.2 Å². The van der Waals surface area contributed by atoms with Crippen molar-refractivity contribution >= 4 is 11.3 Å². The Bertz CT molecular complexity index is 842. The first-order valence-corrected chi connectivity index (χ1v) is 9.10. The summed E-state index contributed by atoms with van der Waals surface area (Å²) in [6.07, 6.45) is 0. The summed E-state index contributed by atoms with van der Waals surface area (Å²) in [6.45, 7) is 6.84. The molecule has 0 aliphatic heterocycles. The summed E-state index contributed by atoms with van der Waals surface area (Å²) in [6, 6.07) is 7.50. The lowest BCUT2D eigenvalue weighted by atomic mass is 10.1. The number of nitrogens with zero attached hydrogens (tertiary/aromatic N) is 3. The van der Waals surface area contributed by atoms with E-state index in [2.05, 4.69) is 20.4 Å². The molecule has 0 aliphatic rings. The number of benzene rings is 1. The van der Waals surface area contributed by atoms with E-state index in [0.29, 0.717) is 24.9 Å². The van der Waals surface area contributed by atoms with Crippen molar-refractivity contribution in [2.75, 3.05) is 7.11 Å². The van der Waals surface area contributed by atoms with E-state index in [9.17, 15) is 0 Å². The summed E-state index contributed by atoms with van der Waals surface area (Å²) in [5.41, 5.74) is 0.526. The molecule has 0 fully saturated rings. The third kappa shape index (κ3) is 4.59. The topological polar surface area (TPSA) is 82.3 Å². The van der Waals surface area contributed by atoms with E-state index in [1.165, 1.54) is 0 Å². The highest BCUT2D eigenvalue weighted by molar-refractivity contribution is 7.09. The fourth-order valence-electron chi connectivity index (χ4n) is 2.25. The number of aromatic nitrogens is 3. The molecule has 0 saturated heterocycles. The van der Waals surface area contributed by atoms with Gasteiger partial charge in [0.1, 0.15) is 23.1 Å². The fourth-order valence-corrected chi connectivity index (χ4v) is 2.96. The zero-order valence-electron chi connectivity index (χ0n) is 15.3. The number of nitrogens with one attached hydrogen (secondary N) is 1. The van der Waals surface area contributed by atoms with Gasteiger partial charge in [-0.05, 0) is 45.0 Å². The Hall–Kier alpha value is -2.45. The van der Waals surface area contributed by atoms with E-state index in [1.54, 1.807) is 25.4 Å². The van der Waals surface area contributed by atoms with Gasteiger partial charge in [0.25, 0.3) is 0 Å². The van der Waals surface area contributed by atoms with Crippen LogP contribution in [-0.4, -0.2) is 22.2 Å². The van der Waals surface area contributed by atoms with E-state index in [1.807, 2.05) is 43.5 Å². The summed E-state index contributed by atoms with van der Waals surface area (Å²) in [4.78, 5) is 8.89. The van der Waals surface area contributed by atoms with Crippen molar-refractivity contribution in [3.8, 4) is 11.5 Å². The highest BCUT2D eigenvalue weighted by Gasteiger charge is 2.26. The van der Waals surface area contributed by atoms with E-state index in [-0.39, 0.29) is 0 Å². The molecule has 1 N–H and O–H groups in total. The molecule has 0 aliphatic carbocycles. The van der Waals surface area contributed by atoms with Gasteiger partial charge >= 0.3 is 0 Å². The minimum Gasteiger partial charge on any atom is -0.497 e. The maximum absolute atomic E-state index is 5.76. The van der Waals surface area contributed by atoms with Gasteiger partial charge < -0.3 is 14.0 Å². The molecule has 0 atom stereocenters. The van der Waals surface area contributed by atoms with Gasteiger partial charge in [0.2, 0.25) is 5.89 Å². The van der Waals surface area contributed by atoms with Gasteiger partial charge in [-0.3, -0.25) is 5.32 Å². The number of rotatable bonds is 8. The third-order valence-corrected chi connectivity index (χ3v) is 4.67. The van der Waals surface area contributed by atoms with Gasteiger partial charge in [-0.1, -0.05) is 5.16 Å². The van der Waals surface area contributed by atoms with Crippen LogP contribution in [0.25, 0.3) is 0 Å². The summed E-state index contributed by atoms with van der Waals surface area (Å²) in [5, 5.41) is 10.2. The molecule has 1 aromatic carbocycles. The van der Waals surface area contributed by atoms with Crippen molar-refractivity contribution in [2.45, 2.75) is 39.5 Å². The first kappa shape index (κ1) is 18.3. The van der Waals surface area contributed by atoms with Crippen LogP contribution in [0.1, 0.15) is 36.3 Å². The molecular formula is C18H22N4O3S. The monoisotopic (exact) mass is 374 g/mol. The van der Waals surface area contributed by atoms with Crippen LogP contribution in [0.3, 0.4) is 0 Å². The number of aryl methyl sites for hydroxylation is 1. The van der Waals surface area contributed by atoms with Crippen LogP contribution >= 0.6 is 11.3 Å². The van der Waals surface area contributed by atoms with E-state index < -0.39 is 5.54 Å².